The molecular formula is C9H11N3O2. The van der Waals surface area contributed by atoms with Gasteiger partial charge in [-0.2, -0.15) is 0 Å². The first-order valence-electron chi connectivity index (χ1n) is 4.56. The molecule has 1 aliphatic rings. The van der Waals surface area contributed by atoms with Crippen LogP contribution in [-0.4, -0.2) is 21.2 Å². The maximum absolute atomic E-state index is 10.5. The summed E-state index contributed by atoms with van der Waals surface area (Å²) in [5, 5.41) is 11.1. The number of hydrogen-bond acceptors (Lipinski definition) is 3. The lowest BCUT2D eigenvalue weighted by atomic mass is 9.96. The van der Waals surface area contributed by atoms with Crippen molar-refractivity contribution in [1.82, 2.24) is 15.3 Å². The molecule has 1 heterocycles. The Morgan fingerprint density at radius 1 is 1.50 bits per heavy atom. The van der Waals surface area contributed by atoms with Crippen LogP contribution in [0.15, 0.2) is 12.4 Å². The van der Waals surface area contributed by atoms with E-state index in [4.69, 9.17) is 5.11 Å². The molecule has 0 radical (unpaired) electrons. The summed E-state index contributed by atoms with van der Waals surface area (Å²) < 4.78 is 0. The first-order valence-corrected chi connectivity index (χ1v) is 4.56. The van der Waals surface area contributed by atoms with E-state index in [2.05, 4.69) is 15.3 Å². The van der Waals surface area contributed by atoms with Crippen LogP contribution in [0.3, 0.4) is 0 Å². The Hall–Kier alpha value is -1.65. The van der Waals surface area contributed by atoms with Crippen LogP contribution in [0.4, 0.5) is 4.79 Å². The van der Waals surface area contributed by atoms with Crippen LogP contribution >= 0.6 is 0 Å². The highest BCUT2D eigenvalue weighted by molar-refractivity contribution is 5.65. The topological polar surface area (TPSA) is 75.1 Å². The van der Waals surface area contributed by atoms with Gasteiger partial charge in [-0.05, 0) is 19.3 Å². The molecule has 0 saturated carbocycles. The molecule has 5 heteroatoms. The predicted octanol–water partition coefficient (Wildman–Crippen LogP) is 1.12. The number of hydrogen-bond donors (Lipinski definition) is 2. The van der Waals surface area contributed by atoms with Crippen molar-refractivity contribution >= 4 is 6.09 Å². The highest BCUT2D eigenvalue weighted by atomic mass is 16.4. The molecule has 0 aliphatic heterocycles. The van der Waals surface area contributed by atoms with E-state index in [0.29, 0.717) is 0 Å². The lowest BCUT2D eigenvalue weighted by Crippen LogP contribution is -2.30. The molecule has 1 unspecified atom stereocenters. The Balaban J connectivity index is 2.26. The Bertz CT molecular complexity index is 354. The summed E-state index contributed by atoms with van der Waals surface area (Å²) in [5.74, 6) is 0. The van der Waals surface area contributed by atoms with Gasteiger partial charge in [0.05, 0.1) is 17.4 Å². The third-order valence-electron chi connectivity index (χ3n) is 2.34. The van der Waals surface area contributed by atoms with Gasteiger partial charge in [0.15, 0.2) is 0 Å². The fourth-order valence-corrected chi connectivity index (χ4v) is 1.76. The van der Waals surface area contributed by atoms with E-state index in [1.807, 2.05) is 0 Å². The lowest BCUT2D eigenvalue weighted by Gasteiger charge is -2.22. The van der Waals surface area contributed by atoms with E-state index < -0.39 is 6.09 Å². The molecule has 1 atom stereocenters. The van der Waals surface area contributed by atoms with Crippen molar-refractivity contribution in [3.8, 4) is 0 Å². The minimum Gasteiger partial charge on any atom is -0.465 e. The minimum absolute atomic E-state index is 0.190. The number of aromatic nitrogens is 2. The third-order valence-corrected chi connectivity index (χ3v) is 2.34. The molecule has 5 nitrogen and oxygen atoms in total. The molecule has 2 rings (SSSR count). The Morgan fingerprint density at radius 2 is 2.29 bits per heavy atom. The molecule has 0 fully saturated rings. The number of fused-ring (bicyclic) bond motifs is 1. The molecule has 0 saturated heterocycles. The molecule has 1 aliphatic carbocycles. The van der Waals surface area contributed by atoms with Gasteiger partial charge < -0.3 is 10.4 Å². The number of carbonyl (C=O) groups is 1. The largest absolute Gasteiger partial charge is 0.465 e. The zero-order valence-electron chi connectivity index (χ0n) is 7.60. The zero-order valence-corrected chi connectivity index (χ0v) is 7.60. The van der Waals surface area contributed by atoms with Gasteiger partial charge >= 0.3 is 6.09 Å². The Morgan fingerprint density at radius 3 is 3.07 bits per heavy atom. The maximum atomic E-state index is 10.5. The fourth-order valence-electron chi connectivity index (χ4n) is 1.76. The first-order chi connectivity index (χ1) is 6.77. The minimum atomic E-state index is -1.01. The molecule has 14 heavy (non-hydrogen) atoms. The van der Waals surface area contributed by atoms with Crippen LogP contribution in [0.1, 0.15) is 30.3 Å². The number of carboxylic acid groups (broad SMARTS) is 1. The summed E-state index contributed by atoms with van der Waals surface area (Å²) in [6, 6.07) is -0.190. The molecular weight excluding hydrogens is 182 g/mol. The summed E-state index contributed by atoms with van der Waals surface area (Å²) in [4.78, 5) is 18.9. The van der Waals surface area contributed by atoms with Crippen molar-refractivity contribution in [2.24, 2.45) is 0 Å². The average Bonchev–Trinajstić information content (AvgIpc) is 2.18. The van der Waals surface area contributed by atoms with E-state index in [9.17, 15) is 4.79 Å². The standard InChI is InChI=1S/C9H11N3O2/c13-9(14)12-7-3-1-2-6-8(7)11-5-4-10-6/h4-5,7,12H,1-3H2,(H,13,14). The number of amides is 1. The van der Waals surface area contributed by atoms with Crippen molar-refractivity contribution in [3.63, 3.8) is 0 Å². The average molecular weight is 193 g/mol. The van der Waals surface area contributed by atoms with Gasteiger partial charge in [0.25, 0.3) is 0 Å². The zero-order chi connectivity index (χ0) is 9.97. The van der Waals surface area contributed by atoms with Crippen molar-refractivity contribution < 1.29 is 9.90 Å². The number of nitrogens with one attached hydrogen (secondary N) is 1. The number of nitrogens with zero attached hydrogens (tertiary/aromatic N) is 2. The van der Waals surface area contributed by atoms with Crippen LogP contribution < -0.4 is 5.32 Å². The molecule has 74 valence electrons. The highest BCUT2D eigenvalue weighted by Gasteiger charge is 2.23. The van der Waals surface area contributed by atoms with E-state index in [-0.39, 0.29) is 6.04 Å². The SMILES string of the molecule is O=C(O)NC1CCCc2nccnc21. The first kappa shape index (κ1) is 8.93. The Kier molecular flexibility index (Phi) is 2.30. The van der Waals surface area contributed by atoms with Crippen molar-refractivity contribution in [2.75, 3.05) is 0 Å². The summed E-state index contributed by atoms with van der Waals surface area (Å²) >= 11 is 0. The molecule has 0 bridgehead atoms. The van der Waals surface area contributed by atoms with Crippen molar-refractivity contribution in [3.05, 3.63) is 23.8 Å². The lowest BCUT2D eigenvalue weighted by molar-refractivity contribution is 0.188. The third kappa shape index (κ3) is 1.66. The molecule has 1 aromatic heterocycles. The van der Waals surface area contributed by atoms with E-state index in [1.165, 1.54) is 0 Å². The van der Waals surface area contributed by atoms with Crippen molar-refractivity contribution in [2.45, 2.75) is 25.3 Å². The second-order valence-electron chi connectivity index (χ2n) is 3.28. The van der Waals surface area contributed by atoms with Crippen molar-refractivity contribution in [1.29, 1.82) is 0 Å². The molecule has 1 aromatic rings. The summed E-state index contributed by atoms with van der Waals surface area (Å²) in [5.41, 5.74) is 1.69. The van der Waals surface area contributed by atoms with Gasteiger partial charge in [-0.1, -0.05) is 0 Å². The summed E-state index contributed by atoms with van der Waals surface area (Å²) in [6.45, 7) is 0. The quantitative estimate of drug-likeness (QED) is 0.700. The van der Waals surface area contributed by atoms with E-state index in [1.54, 1.807) is 12.4 Å². The summed E-state index contributed by atoms with van der Waals surface area (Å²) in [7, 11) is 0. The van der Waals surface area contributed by atoms with Crippen LogP contribution in [0.5, 0.6) is 0 Å². The van der Waals surface area contributed by atoms with Gasteiger partial charge in [0, 0.05) is 12.4 Å². The second-order valence-corrected chi connectivity index (χ2v) is 3.28. The van der Waals surface area contributed by atoms with Gasteiger partial charge in [-0.15, -0.1) is 0 Å². The normalized spacial score (nSPS) is 19.9. The smallest absolute Gasteiger partial charge is 0.405 e. The van der Waals surface area contributed by atoms with Crippen LogP contribution in [0.25, 0.3) is 0 Å². The number of aryl methyl sites for hydroxylation is 1. The highest BCUT2D eigenvalue weighted by Crippen LogP contribution is 2.25. The van der Waals surface area contributed by atoms with Crippen LogP contribution in [0.2, 0.25) is 0 Å². The second kappa shape index (κ2) is 3.61. The van der Waals surface area contributed by atoms with Crippen LogP contribution in [0, 0.1) is 0 Å². The molecule has 0 aromatic carbocycles. The number of rotatable bonds is 1. The maximum Gasteiger partial charge on any atom is 0.405 e. The fraction of sp³-hybridized carbons (Fsp3) is 0.444. The van der Waals surface area contributed by atoms with Gasteiger partial charge in [0.2, 0.25) is 0 Å². The molecule has 1 amide bonds. The van der Waals surface area contributed by atoms with Gasteiger partial charge in [-0.3, -0.25) is 9.97 Å². The monoisotopic (exact) mass is 193 g/mol. The molecule has 2 N–H and O–H groups in total. The Labute approximate surface area is 81.2 Å². The van der Waals surface area contributed by atoms with Crippen LogP contribution in [-0.2, 0) is 6.42 Å². The van der Waals surface area contributed by atoms with E-state index >= 15 is 0 Å². The summed E-state index contributed by atoms with van der Waals surface area (Å²) in [6.07, 6.45) is 4.88. The van der Waals surface area contributed by atoms with E-state index in [0.717, 1.165) is 30.7 Å². The molecule has 0 spiro atoms. The predicted molar refractivity (Wildman–Crippen MR) is 48.9 cm³/mol. The van der Waals surface area contributed by atoms with Gasteiger partial charge in [-0.25, -0.2) is 4.79 Å². The van der Waals surface area contributed by atoms with Gasteiger partial charge in [0.1, 0.15) is 0 Å².